The summed E-state index contributed by atoms with van der Waals surface area (Å²) >= 11 is 0. The van der Waals surface area contributed by atoms with Crippen molar-refractivity contribution < 1.29 is 27.4 Å². The molecule has 180 valence electrons. The van der Waals surface area contributed by atoms with Gasteiger partial charge in [0, 0.05) is 36.5 Å². The number of piperidine rings is 1. The van der Waals surface area contributed by atoms with Crippen molar-refractivity contribution in [1.29, 1.82) is 0 Å². The topological polar surface area (TPSA) is 34.2 Å². The number of hydrogen-bond donors (Lipinski definition) is 0. The molecule has 1 fully saturated rings. The zero-order chi connectivity index (χ0) is 23.6. The van der Waals surface area contributed by atoms with Gasteiger partial charge in [0.1, 0.15) is 5.75 Å². The number of alkyl halides is 3. The van der Waals surface area contributed by atoms with Gasteiger partial charge in [-0.3, -0.25) is 0 Å². The van der Waals surface area contributed by atoms with E-state index in [0.717, 1.165) is 52.5 Å². The smallest absolute Gasteiger partial charge is 0.391 e. The second kappa shape index (κ2) is 7.75. The molecule has 0 aliphatic carbocycles. The fourth-order valence-corrected chi connectivity index (χ4v) is 5.90. The molecule has 4 aliphatic heterocycles. The normalized spacial score (nSPS) is 21.6. The molecule has 1 atom stereocenters. The van der Waals surface area contributed by atoms with Crippen LogP contribution in [0.1, 0.15) is 48.1 Å². The zero-order valence-electron chi connectivity index (χ0n) is 19.2. The minimum Gasteiger partial charge on any atom is -0.495 e. The van der Waals surface area contributed by atoms with Crippen LogP contribution in [-0.2, 0) is 6.42 Å². The van der Waals surface area contributed by atoms with Crippen molar-refractivity contribution in [2.75, 3.05) is 38.4 Å². The van der Waals surface area contributed by atoms with Crippen molar-refractivity contribution >= 4 is 17.5 Å². The molecule has 2 aromatic rings. The number of ether oxygens (including phenoxy) is 3. The highest BCUT2D eigenvalue weighted by atomic mass is 19.4. The monoisotopic (exact) mass is 472 g/mol. The van der Waals surface area contributed by atoms with Crippen LogP contribution in [0.4, 0.5) is 18.9 Å². The average molecular weight is 473 g/mol. The first-order valence-corrected chi connectivity index (χ1v) is 11.8. The third kappa shape index (κ3) is 3.29. The Hall–Kier alpha value is -3.03. The Balaban J connectivity index is 1.42. The van der Waals surface area contributed by atoms with Gasteiger partial charge in [-0.15, -0.1) is 0 Å². The summed E-state index contributed by atoms with van der Waals surface area (Å²) in [7, 11) is 1.63. The van der Waals surface area contributed by atoms with Crippen LogP contribution in [0.25, 0.3) is 11.8 Å². The third-order valence-electron chi connectivity index (χ3n) is 7.69. The quantitative estimate of drug-likeness (QED) is 0.566. The van der Waals surface area contributed by atoms with E-state index in [2.05, 4.69) is 41.0 Å². The summed E-state index contributed by atoms with van der Waals surface area (Å²) in [5.74, 6) is 1.05. The molecule has 4 aliphatic rings. The lowest BCUT2D eigenvalue weighted by molar-refractivity contribution is -0.179. The Morgan fingerprint density at radius 3 is 2.47 bits per heavy atom. The largest absolute Gasteiger partial charge is 0.495 e. The van der Waals surface area contributed by atoms with Crippen molar-refractivity contribution in [1.82, 2.24) is 4.90 Å². The highest BCUT2D eigenvalue weighted by Crippen LogP contribution is 2.50. The summed E-state index contributed by atoms with van der Waals surface area (Å²) in [4.78, 5) is 4.48. The third-order valence-corrected chi connectivity index (χ3v) is 7.69. The van der Waals surface area contributed by atoms with Crippen molar-refractivity contribution in [3.8, 4) is 17.2 Å². The maximum absolute atomic E-state index is 13.3. The number of benzene rings is 2. The minimum absolute atomic E-state index is 0.0546. The van der Waals surface area contributed by atoms with Crippen molar-refractivity contribution in [3.63, 3.8) is 0 Å². The van der Waals surface area contributed by atoms with E-state index in [0.29, 0.717) is 18.8 Å². The van der Waals surface area contributed by atoms with Crippen LogP contribution in [0.15, 0.2) is 24.3 Å². The van der Waals surface area contributed by atoms with Crippen molar-refractivity contribution in [2.45, 2.75) is 38.4 Å². The Morgan fingerprint density at radius 2 is 1.76 bits per heavy atom. The number of nitrogens with zero attached hydrogens (tertiary/aromatic N) is 2. The molecule has 0 N–H and O–H groups in total. The van der Waals surface area contributed by atoms with Crippen LogP contribution < -0.4 is 19.1 Å². The lowest BCUT2D eigenvalue weighted by Gasteiger charge is -2.44. The molecule has 0 radical (unpaired) electrons. The molecule has 0 aromatic heterocycles. The summed E-state index contributed by atoms with van der Waals surface area (Å²) in [5.41, 5.74) is 6.67. The molecule has 5 nitrogen and oxygen atoms in total. The van der Waals surface area contributed by atoms with Crippen LogP contribution in [0.5, 0.6) is 17.2 Å². The Bertz CT molecular complexity index is 1170. The molecule has 8 heteroatoms. The van der Waals surface area contributed by atoms with Gasteiger partial charge in [-0.25, -0.2) is 0 Å². The summed E-state index contributed by atoms with van der Waals surface area (Å²) < 4.78 is 56.7. The summed E-state index contributed by atoms with van der Waals surface area (Å²) in [5, 5.41) is 0. The van der Waals surface area contributed by atoms with Gasteiger partial charge in [0.05, 0.1) is 24.8 Å². The molecule has 0 bridgehead atoms. The Morgan fingerprint density at radius 1 is 1.03 bits per heavy atom. The fourth-order valence-electron chi connectivity index (χ4n) is 5.90. The molecule has 0 amide bonds. The number of rotatable bonds is 2. The van der Waals surface area contributed by atoms with E-state index in [9.17, 15) is 13.2 Å². The number of halogens is 3. The van der Waals surface area contributed by atoms with E-state index in [-0.39, 0.29) is 25.7 Å². The SMILES string of the molecule is COc1ccc2c(c1N1CCC(C(F)(F)F)CC1)[C@@H](C)N1CCc3cc4c(cc3C1=C2)OCO4. The minimum atomic E-state index is -4.13. The predicted octanol–water partition coefficient (Wildman–Crippen LogP) is 5.63. The lowest BCUT2D eigenvalue weighted by atomic mass is 9.85. The van der Waals surface area contributed by atoms with Crippen molar-refractivity contribution in [2.24, 2.45) is 5.92 Å². The van der Waals surface area contributed by atoms with Gasteiger partial charge < -0.3 is 24.0 Å². The maximum Gasteiger partial charge on any atom is 0.391 e. The molecular formula is C26H27F3N2O3. The molecule has 34 heavy (non-hydrogen) atoms. The van der Waals surface area contributed by atoms with Gasteiger partial charge in [-0.1, -0.05) is 6.07 Å². The number of anilines is 1. The molecule has 0 unspecified atom stereocenters. The zero-order valence-corrected chi connectivity index (χ0v) is 19.2. The van der Waals surface area contributed by atoms with Crippen LogP contribution in [0.3, 0.4) is 0 Å². The molecule has 2 aromatic carbocycles. The number of methoxy groups -OCH3 is 1. The number of hydrogen-bond acceptors (Lipinski definition) is 5. The second-order valence-corrected chi connectivity index (χ2v) is 9.43. The predicted molar refractivity (Wildman–Crippen MR) is 123 cm³/mol. The summed E-state index contributed by atoms with van der Waals surface area (Å²) in [6.07, 6.45) is -0.834. The first kappa shape index (κ1) is 21.5. The number of fused-ring (bicyclic) bond motifs is 5. The fraction of sp³-hybridized carbons (Fsp3) is 0.462. The Labute approximate surface area is 196 Å². The van der Waals surface area contributed by atoms with Gasteiger partial charge in [-0.2, -0.15) is 13.2 Å². The molecule has 6 rings (SSSR count). The second-order valence-electron chi connectivity index (χ2n) is 9.43. The van der Waals surface area contributed by atoms with Crippen molar-refractivity contribution in [3.05, 3.63) is 46.5 Å². The summed E-state index contributed by atoms with van der Waals surface area (Å²) in [6.45, 7) is 4.01. The lowest BCUT2D eigenvalue weighted by Crippen LogP contribution is -2.41. The first-order chi connectivity index (χ1) is 16.3. The van der Waals surface area contributed by atoms with Crippen LogP contribution >= 0.6 is 0 Å². The van der Waals surface area contributed by atoms with Gasteiger partial charge in [0.15, 0.2) is 11.5 Å². The molecule has 4 heterocycles. The van der Waals surface area contributed by atoms with Gasteiger partial charge in [0.2, 0.25) is 6.79 Å². The summed E-state index contributed by atoms with van der Waals surface area (Å²) in [6, 6.07) is 8.20. The molecule has 1 saturated heterocycles. The highest BCUT2D eigenvalue weighted by Gasteiger charge is 2.42. The van der Waals surface area contributed by atoms with Gasteiger partial charge >= 0.3 is 6.18 Å². The molecule has 0 spiro atoms. The van der Waals surface area contributed by atoms with E-state index < -0.39 is 12.1 Å². The highest BCUT2D eigenvalue weighted by molar-refractivity contribution is 5.89. The first-order valence-electron chi connectivity index (χ1n) is 11.8. The standard InChI is InChI=1S/C26H27F3N2O3/c1-15-24-17(3-4-21(32-2)25(24)30-8-6-18(7-9-30)26(27,28)29)11-20-19-13-23-22(33-14-34-23)12-16(19)5-10-31(15)20/h3-4,11-13,15,18H,5-10,14H2,1-2H3/t15-/m1/s1. The van der Waals surface area contributed by atoms with Crippen LogP contribution in [0, 0.1) is 5.92 Å². The van der Waals surface area contributed by atoms with Gasteiger partial charge in [-0.05, 0) is 61.6 Å². The van der Waals surface area contributed by atoms with Gasteiger partial charge in [0.25, 0.3) is 0 Å². The van der Waals surface area contributed by atoms with E-state index in [1.54, 1.807) is 7.11 Å². The maximum atomic E-state index is 13.3. The average Bonchev–Trinajstić information content (AvgIpc) is 3.29. The van der Waals surface area contributed by atoms with Crippen LogP contribution in [-0.4, -0.2) is 44.6 Å². The molecular weight excluding hydrogens is 445 g/mol. The Kier molecular flexibility index (Phi) is 4.90. The molecule has 0 saturated carbocycles. The van der Waals surface area contributed by atoms with Crippen LogP contribution in [0.2, 0.25) is 0 Å². The van der Waals surface area contributed by atoms with E-state index >= 15 is 0 Å². The van der Waals surface area contributed by atoms with E-state index in [1.165, 1.54) is 5.56 Å². The van der Waals surface area contributed by atoms with E-state index in [4.69, 9.17) is 14.2 Å². The van der Waals surface area contributed by atoms with E-state index in [1.807, 2.05) is 6.07 Å².